The minimum atomic E-state index is -0.0407. The van der Waals surface area contributed by atoms with Gasteiger partial charge < -0.3 is 4.90 Å². The molecule has 0 spiro atoms. The van der Waals surface area contributed by atoms with Gasteiger partial charge in [-0.2, -0.15) is 0 Å². The highest BCUT2D eigenvalue weighted by Gasteiger charge is 2.43. The van der Waals surface area contributed by atoms with E-state index in [-0.39, 0.29) is 16.2 Å². The molecule has 0 N–H and O–H groups in total. The van der Waals surface area contributed by atoms with Gasteiger partial charge in [-0.05, 0) is 79.5 Å². The van der Waals surface area contributed by atoms with Crippen LogP contribution in [-0.2, 0) is 5.41 Å². The standard InChI is InChI=1S/C43H57N/c1-11-33(6)39(12-2)44-30-28-43(29-31-44,37-19-15-14-16-20-37)34(7)18-17-21-40-41(8,9)38(26-27-42(40,10)13-3)36-24-22-35(23-25-36)32(4)5/h14-16,19-26,33H,2,4,7,11,13,17-18,27-31H2,1,3,5-6,8-10H3/b40-21-/t33-,42+/m1/s1. The van der Waals surface area contributed by atoms with Gasteiger partial charge in [-0.3, -0.25) is 0 Å². The fraction of sp³-hybridized carbons (Fsp3) is 0.465. The zero-order chi connectivity index (χ0) is 32.1. The molecule has 1 aliphatic carbocycles. The van der Waals surface area contributed by atoms with Crippen LogP contribution in [0.1, 0.15) is 110 Å². The van der Waals surface area contributed by atoms with Gasteiger partial charge in [0.1, 0.15) is 0 Å². The summed E-state index contributed by atoms with van der Waals surface area (Å²) in [6, 6.07) is 20.2. The van der Waals surface area contributed by atoms with Crippen molar-refractivity contribution in [3.8, 4) is 0 Å². The number of hydrogen-bond acceptors (Lipinski definition) is 1. The first-order chi connectivity index (χ1) is 20.9. The normalized spacial score (nSPS) is 22.6. The summed E-state index contributed by atoms with van der Waals surface area (Å²) >= 11 is 0. The van der Waals surface area contributed by atoms with Gasteiger partial charge >= 0.3 is 0 Å². The zero-order valence-electron chi connectivity index (χ0n) is 28.9. The molecule has 0 aromatic heterocycles. The lowest BCUT2D eigenvalue weighted by atomic mass is 9.58. The van der Waals surface area contributed by atoms with Gasteiger partial charge in [-0.1, -0.05) is 145 Å². The fourth-order valence-electron chi connectivity index (χ4n) is 8.00. The minimum absolute atomic E-state index is 0.00420. The average Bonchev–Trinajstić information content (AvgIpc) is 3.03. The minimum Gasteiger partial charge on any atom is -0.368 e. The topological polar surface area (TPSA) is 3.24 Å². The highest BCUT2D eigenvalue weighted by Crippen LogP contribution is 2.55. The van der Waals surface area contributed by atoms with Crippen LogP contribution in [-0.4, -0.2) is 18.0 Å². The smallest absolute Gasteiger partial charge is 0.0586 e. The van der Waals surface area contributed by atoms with Crippen LogP contribution in [0.5, 0.6) is 0 Å². The monoisotopic (exact) mass is 587 g/mol. The number of piperidine rings is 1. The Hall–Kier alpha value is -3.28. The summed E-state index contributed by atoms with van der Waals surface area (Å²) in [5.41, 5.74) is 14.2. The first-order valence-electron chi connectivity index (χ1n) is 17.0. The molecule has 2 aliphatic rings. The van der Waals surface area contributed by atoms with Crippen LogP contribution >= 0.6 is 0 Å². The molecule has 1 nitrogen and oxygen atoms in total. The summed E-state index contributed by atoms with van der Waals surface area (Å²) in [6.45, 7) is 31.4. The number of likely N-dealkylation sites (tertiary alicyclic amines) is 1. The van der Waals surface area contributed by atoms with Crippen molar-refractivity contribution in [3.05, 3.63) is 126 Å². The molecule has 2 atom stereocenters. The Labute approximate surface area is 269 Å². The maximum absolute atomic E-state index is 4.83. The predicted molar refractivity (Wildman–Crippen MR) is 193 cm³/mol. The van der Waals surface area contributed by atoms with Crippen molar-refractivity contribution in [2.45, 2.75) is 98.8 Å². The molecule has 0 radical (unpaired) electrons. The lowest BCUT2D eigenvalue weighted by Gasteiger charge is -2.47. The largest absolute Gasteiger partial charge is 0.368 e. The first-order valence-corrected chi connectivity index (χ1v) is 17.0. The Kier molecular flexibility index (Phi) is 10.5. The van der Waals surface area contributed by atoms with E-state index in [4.69, 9.17) is 6.58 Å². The van der Waals surface area contributed by atoms with E-state index in [1.54, 1.807) is 5.57 Å². The van der Waals surface area contributed by atoms with Crippen molar-refractivity contribution in [2.24, 2.45) is 16.7 Å². The molecule has 2 aromatic rings. The van der Waals surface area contributed by atoms with Gasteiger partial charge in [0, 0.05) is 29.8 Å². The highest BCUT2D eigenvalue weighted by atomic mass is 15.1. The molecular weight excluding hydrogens is 530 g/mol. The summed E-state index contributed by atoms with van der Waals surface area (Å²) in [6.07, 6.45) is 12.6. The van der Waals surface area contributed by atoms with Gasteiger partial charge in [-0.15, -0.1) is 5.73 Å². The second-order valence-electron chi connectivity index (χ2n) is 14.3. The Morgan fingerprint density at radius 2 is 1.61 bits per heavy atom. The lowest BCUT2D eigenvalue weighted by molar-refractivity contribution is 0.198. The highest BCUT2D eigenvalue weighted by molar-refractivity contribution is 5.76. The summed E-state index contributed by atoms with van der Waals surface area (Å²) < 4.78 is 0. The third-order valence-electron chi connectivity index (χ3n) is 11.2. The van der Waals surface area contributed by atoms with Gasteiger partial charge in [0.2, 0.25) is 0 Å². The van der Waals surface area contributed by atoms with E-state index < -0.39 is 0 Å². The van der Waals surface area contributed by atoms with Crippen molar-refractivity contribution in [3.63, 3.8) is 0 Å². The quantitative estimate of drug-likeness (QED) is 0.187. The van der Waals surface area contributed by atoms with Crippen LogP contribution < -0.4 is 0 Å². The Morgan fingerprint density at radius 1 is 0.977 bits per heavy atom. The van der Waals surface area contributed by atoms with Gasteiger partial charge in [-0.25, -0.2) is 0 Å². The second-order valence-corrected chi connectivity index (χ2v) is 14.3. The Bertz CT molecular complexity index is 1430. The molecule has 1 heteroatoms. The van der Waals surface area contributed by atoms with Crippen LogP contribution in [0.3, 0.4) is 0 Å². The maximum Gasteiger partial charge on any atom is 0.0586 e. The zero-order valence-corrected chi connectivity index (χ0v) is 28.9. The average molecular weight is 588 g/mol. The van der Waals surface area contributed by atoms with Crippen molar-refractivity contribution in [1.29, 1.82) is 0 Å². The van der Waals surface area contributed by atoms with Crippen LogP contribution in [0.4, 0.5) is 0 Å². The number of nitrogens with zero attached hydrogens (tertiary/aromatic N) is 1. The molecule has 0 amide bonds. The summed E-state index contributed by atoms with van der Waals surface area (Å²) in [5, 5.41) is 0. The number of benzene rings is 2. The van der Waals surface area contributed by atoms with Crippen molar-refractivity contribution in [1.82, 2.24) is 4.90 Å². The molecule has 0 bridgehead atoms. The molecule has 1 saturated heterocycles. The van der Waals surface area contributed by atoms with Crippen LogP contribution in [0.25, 0.3) is 11.1 Å². The van der Waals surface area contributed by atoms with Crippen molar-refractivity contribution in [2.75, 3.05) is 13.1 Å². The van der Waals surface area contributed by atoms with E-state index in [0.717, 1.165) is 63.6 Å². The van der Waals surface area contributed by atoms with Gasteiger partial charge in [0.15, 0.2) is 0 Å². The number of hydrogen-bond donors (Lipinski definition) is 0. The molecule has 0 unspecified atom stereocenters. The van der Waals surface area contributed by atoms with Gasteiger partial charge in [0.05, 0.1) is 5.70 Å². The number of rotatable bonds is 11. The number of allylic oxidation sites excluding steroid dienone is 7. The van der Waals surface area contributed by atoms with Gasteiger partial charge in [0.25, 0.3) is 0 Å². The molecule has 2 aromatic carbocycles. The van der Waals surface area contributed by atoms with Crippen molar-refractivity contribution < 1.29 is 0 Å². The molecule has 0 saturated carbocycles. The summed E-state index contributed by atoms with van der Waals surface area (Å²) in [5.74, 6) is 0.487. The van der Waals surface area contributed by atoms with E-state index in [1.165, 1.54) is 33.5 Å². The Morgan fingerprint density at radius 3 is 2.16 bits per heavy atom. The molecule has 1 aliphatic heterocycles. The summed E-state index contributed by atoms with van der Waals surface area (Å²) in [4.78, 5) is 2.53. The van der Waals surface area contributed by atoms with E-state index in [1.807, 2.05) is 0 Å². The molecule has 4 rings (SSSR count). The van der Waals surface area contributed by atoms with E-state index in [0.29, 0.717) is 5.92 Å². The third-order valence-corrected chi connectivity index (χ3v) is 11.2. The second kappa shape index (κ2) is 13.8. The molecule has 234 valence electrons. The van der Waals surface area contributed by atoms with Crippen molar-refractivity contribution >= 4 is 11.1 Å². The molecule has 1 heterocycles. The molecular formula is C43H57N. The molecule has 1 fully saturated rings. The predicted octanol–water partition coefficient (Wildman–Crippen LogP) is 12.0. The maximum atomic E-state index is 4.83. The molecule has 44 heavy (non-hydrogen) atoms. The summed E-state index contributed by atoms with van der Waals surface area (Å²) in [7, 11) is 0. The third kappa shape index (κ3) is 6.55. The SMILES string of the molecule is C=C=C([C@H](C)CC)N1CCC(C(=C)CC/C=C2/C(C)(C)C(c3ccc(C(=C)C)cc3)=CC[C@]2(C)CC)(c2ccccc2)CC1. The van der Waals surface area contributed by atoms with Crippen LogP contribution in [0.15, 0.2) is 109 Å². The lowest BCUT2D eigenvalue weighted by Crippen LogP contribution is -2.44. The Balaban J connectivity index is 1.59. The van der Waals surface area contributed by atoms with Crippen LogP contribution in [0.2, 0.25) is 0 Å². The van der Waals surface area contributed by atoms with E-state index in [9.17, 15) is 0 Å². The van der Waals surface area contributed by atoms with Crippen LogP contribution in [0, 0.1) is 16.7 Å². The fourth-order valence-corrected chi connectivity index (χ4v) is 8.00. The first kappa shape index (κ1) is 33.6. The van der Waals surface area contributed by atoms with E-state index in [2.05, 4.69) is 139 Å². The van der Waals surface area contributed by atoms with E-state index >= 15 is 0 Å².